The molecule has 0 aliphatic heterocycles. The summed E-state index contributed by atoms with van der Waals surface area (Å²) in [5.74, 6) is 0. The lowest BCUT2D eigenvalue weighted by Gasteiger charge is -2.20. The molecule has 0 bridgehead atoms. The second kappa shape index (κ2) is 3.62. The van der Waals surface area contributed by atoms with Crippen LogP contribution in [0.15, 0.2) is 0 Å². The van der Waals surface area contributed by atoms with E-state index in [-0.39, 0.29) is 5.60 Å². The fourth-order valence-corrected chi connectivity index (χ4v) is 0.295. The molecule has 0 aromatic heterocycles. The first kappa shape index (κ1) is 8.63. The molecular weight excluding hydrogens is 116 g/mol. The summed E-state index contributed by atoms with van der Waals surface area (Å²) < 4.78 is 5.03. The fraction of sp³-hybridized carbons (Fsp3) is 0.714. The van der Waals surface area contributed by atoms with Crippen molar-refractivity contribution < 1.29 is 9.53 Å². The normalized spacial score (nSPS) is 11.4. The second-order valence-corrected chi connectivity index (χ2v) is 2.50. The van der Waals surface area contributed by atoms with Gasteiger partial charge < -0.3 is 9.53 Å². The van der Waals surface area contributed by atoms with Gasteiger partial charge >= 0.3 is 0 Å². The van der Waals surface area contributed by atoms with Crippen LogP contribution < -0.4 is 0 Å². The van der Waals surface area contributed by atoms with Crippen molar-refractivity contribution in [1.82, 2.24) is 0 Å². The molecule has 0 amide bonds. The monoisotopic (exact) mass is 129 g/mol. The third-order valence-corrected chi connectivity index (χ3v) is 1.29. The molecule has 0 unspecified atom stereocenters. The predicted octanol–water partition coefficient (Wildman–Crippen LogP) is 1.55. The van der Waals surface area contributed by atoms with Crippen LogP contribution in [0.4, 0.5) is 0 Å². The Bertz CT molecular complexity index is 86.9. The molecule has 9 heavy (non-hydrogen) atoms. The highest BCUT2D eigenvalue weighted by molar-refractivity contribution is 5.58. The Morgan fingerprint density at radius 1 is 1.56 bits per heavy atom. The van der Waals surface area contributed by atoms with E-state index in [1.54, 1.807) is 0 Å². The van der Waals surface area contributed by atoms with E-state index in [4.69, 9.17) is 4.74 Å². The molecule has 0 aromatic rings. The number of ether oxygens (including phenoxy) is 1. The van der Waals surface area contributed by atoms with Gasteiger partial charge in [-0.15, -0.1) is 0 Å². The van der Waals surface area contributed by atoms with Crippen LogP contribution in [0.2, 0.25) is 0 Å². The Labute approximate surface area is 56.2 Å². The summed E-state index contributed by atoms with van der Waals surface area (Å²) in [7, 11) is 0. The van der Waals surface area contributed by atoms with Crippen LogP contribution in [0.1, 0.15) is 27.2 Å². The molecule has 0 spiro atoms. The van der Waals surface area contributed by atoms with Crippen LogP contribution in [0.3, 0.4) is 0 Å². The van der Waals surface area contributed by atoms with Gasteiger partial charge in [0.2, 0.25) is 0 Å². The van der Waals surface area contributed by atoms with E-state index >= 15 is 0 Å². The number of aldehydes is 1. The van der Waals surface area contributed by atoms with E-state index in [9.17, 15) is 4.79 Å². The SMILES string of the molecule is CCC(C)(C)O[CH]C=O. The van der Waals surface area contributed by atoms with Crippen molar-refractivity contribution in [1.29, 1.82) is 0 Å². The van der Waals surface area contributed by atoms with Crippen molar-refractivity contribution in [3.05, 3.63) is 6.61 Å². The number of hydrogen-bond donors (Lipinski definition) is 0. The largest absolute Gasteiger partial charge is 0.362 e. The summed E-state index contributed by atoms with van der Waals surface area (Å²) in [5.41, 5.74) is -0.194. The third kappa shape index (κ3) is 4.15. The molecule has 2 heteroatoms. The lowest BCUT2D eigenvalue weighted by Crippen LogP contribution is -2.21. The first-order chi connectivity index (χ1) is 4.12. The van der Waals surface area contributed by atoms with Crippen LogP contribution in [-0.4, -0.2) is 11.9 Å². The van der Waals surface area contributed by atoms with Crippen molar-refractivity contribution in [2.24, 2.45) is 0 Å². The van der Waals surface area contributed by atoms with Crippen molar-refractivity contribution in [3.8, 4) is 0 Å². The van der Waals surface area contributed by atoms with Crippen LogP contribution in [0.25, 0.3) is 0 Å². The topological polar surface area (TPSA) is 26.3 Å². The summed E-state index contributed by atoms with van der Waals surface area (Å²) in [6.07, 6.45) is 1.55. The van der Waals surface area contributed by atoms with Gasteiger partial charge in [0, 0.05) is 0 Å². The van der Waals surface area contributed by atoms with Gasteiger partial charge in [0.1, 0.15) is 6.61 Å². The summed E-state index contributed by atoms with van der Waals surface area (Å²) in [4.78, 5) is 9.79. The lowest BCUT2D eigenvalue weighted by molar-refractivity contribution is -0.111. The molecule has 0 saturated carbocycles. The smallest absolute Gasteiger partial charge is 0.151 e. The van der Waals surface area contributed by atoms with E-state index in [1.165, 1.54) is 6.61 Å². The maximum Gasteiger partial charge on any atom is 0.151 e. The molecule has 0 aliphatic rings. The zero-order chi connectivity index (χ0) is 7.33. The molecule has 0 fully saturated rings. The minimum atomic E-state index is -0.194. The van der Waals surface area contributed by atoms with Crippen LogP contribution in [-0.2, 0) is 9.53 Å². The van der Waals surface area contributed by atoms with Gasteiger partial charge in [-0.2, -0.15) is 0 Å². The molecule has 0 rings (SSSR count). The molecule has 0 N–H and O–H groups in total. The number of carbonyl (C=O) groups is 1. The van der Waals surface area contributed by atoms with Crippen LogP contribution >= 0.6 is 0 Å². The highest BCUT2D eigenvalue weighted by Gasteiger charge is 2.14. The number of carbonyl (C=O) groups excluding carboxylic acids is 1. The molecule has 2 nitrogen and oxygen atoms in total. The summed E-state index contributed by atoms with van der Waals surface area (Å²) in [6.45, 7) is 7.07. The van der Waals surface area contributed by atoms with Crippen LogP contribution in [0.5, 0.6) is 0 Å². The standard InChI is InChI=1S/C7H13O2/c1-4-7(2,3)9-6-5-8/h5-6H,4H2,1-3H3. The quantitative estimate of drug-likeness (QED) is 0.538. The van der Waals surface area contributed by atoms with Gasteiger partial charge in [-0.05, 0) is 20.3 Å². The molecule has 0 atom stereocenters. The summed E-state index contributed by atoms with van der Waals surface area (Å²) in [5, 5.41) is 0. The van der Waals surface area contributed by atoms with Gasteiger partial charge in [0.25, 0.3) is 0 Å². The Morgan fingerprint density at radius 3 is 2.44 bits per heavy atom. The Hall–Kier alpha value is -0.370. The van der Waals surface area contributed by atoms with E-state index in [2.05, 4.69) is 0 Å². The van der Waals surface area contributed by atoms with E-state index < -0.39 is 0 Å². The average molecular weight is 129 g/mol. The second-order valence-electron chi connectivity index (χ2n) is 2.50. The summed E-state index contributed by atoms with van der Waals surface area (Å²) >= 11 is 0. The highest BCUT2D eigenvalue weighted by Crippen LogP contribution is 2.13. The van der Waals surface area contributed by atoms with Crippen LogP contribution in [0, 0.1) is 6.61 Å². The third-order valence-electron chi connectivity index (χ3n) is 1.29. The minimum Gasteiger partial charge on any atom is -0.362 e. The predicted molar refractivity (Wildman–Crippen MR) is 35.8 cm³/mol. The molecular formula is C7H13O2. The molecule has 1 radical (unpaired) electrons. The first-order valence-electron chi connectivity index (χ1n) is 3.07. The maximum absolute atomic E-state index is 9.79. The van der Waals surface area contributed by atoms with Gasteiger partial charge in [0.15, 0.2) is 6.29 Å². The highest BCUT2D eigenvalue weighted by atomic mass is 16.5. The Balaban J connectivity index is 3.44. The Morgan fingerprint density at radius 2 is 2.11 bits per heavy atom. The molecule has 0 heterocycles. The van der Waals surface area contributed by atoms with Crippen molar-refractivity contribution in [3.63, 3.8) is 0 Å². The zero-order valence-corrected chi connectivity index (χ0v) is 6.18. The Kier molecular flexibility index (Phi) is 3.47. The van der Waals surface area contributed by atoms with E-state index in [0.29, 0.717) is 6.29 Å². The number of hydrogen-bond acceptors (Lipinski definition) is 2. The lowest BCUT2D eigenvalue weighted by atomic mass is 10.1. The fourth-order valence-electron chi connectivity index (χ4n) is 0.295. The minimum absolute atomic E-state index is 0.194. The molecule has 0 aromatic carbocycles. The first-order valence-corrected chi connectivity index (χ1v) is 3.07. The average Bonchev–Trinajstić information content (AvgIpc) is 1.84. The number of rotatable bonds is 4. The van der Waals surface area contributed by atoms with E-state index in [1.807, 2.05) is 20.8 Å². The molecule has 0 aliphatic carbocycles. The van der Waals surface area contributed by atoms with Gasteiger partial charge in [-0.3, -0.25) is 0 Å². The zero-order valence-electron chi connectivity index (χ0n) is 6.18. The molecule has 53 valence electrons. The van der Waals surface area contributed by atoms with Gasteiger partial charge in [0.05, 0.1) is 5.60 Å². The van der Waals surface area contributed by atoms with Crippen molar-refractivity contribution in [2.45, 2.75) is 32.8 Å². The van der Waals surface area contributed by atoms with Crippen molar-refractivity contribution >= 4 is 6.29 Å². The summed E-state index contributed by atoms with van der Waals surface area (Å²) in [6, 6.07) is 0. The van der Waals surface area contributed by atoms with E-state index in [0.717, 1.165) is 6.42 Å². The van der Waals surface area contributed by atoms with Gasteiger partial charge in [-0.1, -0.05) is 6.92 Å². The molecule has 0 saturated heterocycles. The van der Waals surface area contributed by atoms with Crippen molar-refractivity contribution in [2.75, 3.05) is 0 Å². The maximum atomic E-state index is 9.79. The van der Waals surface area contributed by atoms with Gasteiger partial charge in [-0.25, -0.2) is 0 Å².